The maximum atomic E-state index is 4.82. The van der Waals surface area contributed by atoms with Crippen LogP contribution in [0.3, 0.4) is 0 Å². The number of rotatable bonds is 3. The number of hydrogen-bond donors (Lipinski definition) is 0. The number of hydrogen-bond acceptors (Lipinski definition) is 2. The third-order valence-corrected chi connectivity index (χ3v) is 5.17. The van der Waals surface area contributed by atoms with Crippen LogP contribution in [-0.2, 0) is 0 Å². The van der Waals surface area contributed by atoms with Crippen molar-refractivity contribution in [2.75, 3.05) is 0 Å². The molecule has 0 saturated carbocycles. The number of fused-ring (bicyclic) bond motifs is 1. The summed E-state index contributed by atoms with van der Waals surface area (Å²) < 4.78 is 0. The van der Waals surface area contributed by atoms with Gasteiger partial charge in [0.1, 0.15) is 0 Å². The van der Waals surface area contributed by atoms with Crippen molar-refractivity contribution >= 4 is 10.8 Å². The highest BCUT2D eigenvalue weighted by Gasteiger charge is 2.08. The predicted molar refractivity (Wildman–Crippen MR) is 121 cm³/mol. The Morgan fingerprint density at radius 3 is 2.07 bits per heavy atom. The molecule has 0 fully saturated rings. The Morgan fingerprint density at radius 2 is 1.24 bits per heavy atom. The number of aryl methyl sites for hydroxylation is 1. The third-order valence-electron chi connectivity index (χ3n) is 5.17. The molecule has 5 aromatic rings. The van der Waals surface area contributed by atoms with Crippen LogP contribution in [0.2, 0.25) is 0 Å². The maximum absolute atomic E-state index is 4.82. The first-order chi connectivity index (χ1) is 14.3. The van der Waals surface area contributed by atoms with E-state index in [9.17, 15) is 0 Å². The molecule has 138 valence electrons. The summed E-state index contributed by atoms with van der Waals surface area (Å²) in [7, 11) is 0. The summed E-state index contributed by atoms with van der Waals surface area (Å²) in [6, 6.07) is 35.8. The largest absolute Gasteiger partial charge is 0.233 e. The van der Waals surface area contributed by atoms with E-state index in [-0.39, 0.29) is 0 Å². The van der Waals surface area contributed by atoms with Gasteiger partial charge >= 0.3 is 0 Å². The molecule has 29 heavy (non-hydrogen) atoms. The van der Waals surface area contributed by atoms with Gasteiger partial charge in [-0.15, -0.1) is 0 Å². The zero-order valence-corrected chi connectivity index (χ0v) is 16.2. The molecule has 2 heteroatoms. The van der Waals surface area contributed by atoms with Crippen molar-refractivity contribution in [1.29, 1.82) is 0 Å². The molecule has 0 N–H and O–H groups in total. The Kier molecular flexibility index (Phi) is 4.38. The molecular weight excluding hydrogens is 352 g/mol. The van der Waals surface area contributed by atoms with Gasteiger partial charge in [0, 0.05) is 16.8 Å². The predicted octanol–water partition coefficient (Wildman–Crippen LogP) is 6.94. The second-order valence-electron chi connectivity index (χ2n) is 7.19. The van der Waals surface area contributed by atoms with Gasteiger partial charge in [0.05, 0.1) is 5.69 Å². The number of nitrogens with zero attached hydrogens (tertiary/aromatic N) is 2. The van der Waals surface area contributed by atoms with Crippen LogP contribution in [0, 0.1) is 6.92 Å². The van der Waals surface area contributed by atoms with E-state index >= 15 is 0 Å². The standard InChI is InChI=1S/C27H20N2/c1-19-18-26(29-27(28-19)23-9-3-2-4-10-23)22-16-14-21(15-17-22)25-13-7-11-20-8-5-6-12-24(20)25/h2-18H,1H3. The normalized spacial score (nSPS) is 10.9. The molecule has 1 aromatic heterocycles. The molecule has 0 aliphatic heterocycles. The lowest BCUT2D eigenvalue weighted by Crippen LogP contribution is -1.95. The average molecular weight is 372 g/mol. The molecular formula is C27H20N2. The molecule has 0 amide bonds. The Labute approximate surface area is 170 Å². The molecule has 4 aromatic carbocycles. The van der Waals surface area contributed by atoms with Crippen LogP contribution >= 0.6 is 0 Å². The van der Waals surface area contributed by atoms with Gasteiger partial charge in [-0.2, -0.15) is 0 Å². The van der Waals surface area contributed by atoms with E-state index < -0.39 is 0 Å². The molecule has 0 aliphatic carbocycles. The Bertz CT molecular complexity index is 1280. The van der Waals surface area contributed by atoms with Crippen LogP contribution in [-0.4, -0.2) is 9.97 Å². The van der Waals surface area contributed by atoms with Crippen molar-refractivity contribution in [2.45, 2.75) is 6.92 Å². The van der Waals surface area contributed by atoms with Gasteiger partial charge in [-0.25, -0.2) is 9.97 Å². The molecule has 0 aliphatic rings. The summed E-state index contributed by atoms with van der Waals surface area (Å²) in [6.45, 7) is 2.02. The Balaban J connectivity index is 1.55. The van der Waals surface area contributed by atoms with E-state index in [0.717, 1.165) is 28.3 Å². The van der Waals surface area contributed by atoms with Crippen molar-refractivity contribution in [3.63, 3.8) is 0 Å². The molecule has 0 saturated heterocycles. The van der Waals surface area contributed by atoms with E-state index in [1.807, 2.05) is 43.3 Å². The summed E-state index contributed by atoms with van der Waals surface area (Å²) in [6.07, 6.45) is 0. The lowest BCUT2D eigenvalue weighted by Gasteiger charge is -2.09. The number of aromatic nitrogens is 2. The second-order valence-corrected chi connectivity index (χ2v) is 7.19. The van der Waals surface area contributed by atoms with Crippen LogP contribution in [0.15, 0.2) is 103 Å². The summed E-state index contributed by atoms with van der Waals surface area (Å²) in [5.74, 6) is 0.763. The first-order valence-corrected chi connectivity index (χ1v) is 9.78. The van der Waals surface area contributed by atoms with Crippen LogP contribution in [0.5, 0.6) is 0 Å². The lowest BCUT2D eigenvalue weighted by atomic mass is 9.97. The van der Waals surface area contributed by atoms with Gasteiger partial charge in [-0.05, 0) is 34.9 Å². The van der Waals surface area contributed by atoms with Crippen molar-refractivity contribution in [3.8, 4) is 33.8 Å². The highest BCUT2D eigenvalue weighted by Crippen LogP contribution is 2.30. The summed E-state index contributed by atoms with van der Waals surface area (Å²) in [5, 5.41) is 2.53. The van der Waals surface area contributed by atoms with Gasteiger partial charge in [0.2, 0.25) is 0 Å². The van der Waals surface area contributed by atoms with Crippen LogP contribution < -0.4 is 0 Å². The van der Waals surface area contributed by atoms with E-state index in [2.05, 4.69) is 71.7 Å². The Morgan fingerprint density at radius 1 is 0.552 bits per heavy atom. The summed E-state index contributed by atoms with van der Waals surface area (Å²) >= 11 is 0. The van der Waals surface area contributed by atoms with Crippen LogP contribution in [0.1, 0.15) is 5.69 Å². The van der Waals surface area contributed by atoms with Crippen LogP contribution in [0.25, 0.3) is 44.5 Å². The quantitative estimate of drug-likeness (QED) is 0.343. The minimum absolute atomic E-state index is 0.763. The summed E-state index contributed by atoms with van der Waals surface area (Å²) in [5.41, 5.74) is 6.49. The molecule has 1 heterocycles. The first-order valence-electron chi connectivity index (χ1n) is 9.78. The van der Waals surface area contributed by atoms with Crippen LogP contribution in [0.4, 0.5) is 0 Å². The third kappa shape index (κ3) is 3.41. The first kappa shape index (κ1) is 17.3. The monoisotopic (exact) mass is 372 g/mol. The van der Waals surface area contributed by atoms with Crippen molar-refractivity contribution in [3.05, 3.63) is 109 Å². The van der Waals surface area contributed by atoms with Gasteiger partial charge in [-0.1, -0.05) is 97.1 Å². The fraction of sp³-hybridized carbons (Fsp3) is 0.0370. The minimum Gasteiger partial charge on any atom is -0.233 e. The highest BCUT2D eigenvalue weighted by molar-refractivity contribution is 5.96. The smallest absolute Gasteiger partial charge is 0.160 e. The molecule has 0 atom stereocenters. The zero-order valence-electron chi connectivity index (χ0n) is 16.2. The van der Waals surface area contributed by atoms with Crippen molar-refractivity contribution < 1.29 is 0 Å². The van der Waals surface area contributed by atoms with E-state index in [1.165, 1.54) is 21.9 Å². The lowest BCUT2D eigenvalue weighted by molar-refractivity contribution is 1.11. The van der Waals surface area contributed by atoms with Crippen molar-refractivity contribution in [2.24, 2.45) is 0 Å². The molecule has 0 spiro atoms. The van der Waals surface area contributed by atoms with E-state index in [4.69, 9.17) is 4.98 Å². The molecule has 2 nitrogen and oxygen atoms in total. The average Bonchev–Trinajstić information content (AvgIpc) is 2.79. The minimum atomic E-state index is 0.763. The fourth-order valence-corrected chi connectivity index (χ4v) is 3.73. The topological polar surface area (TPSA) is 25.8 Å². The summed E-state index contributed by atoms with van der Waals surface area (Å²) in [4.78, 5) is 9.43. The molecule has 0 bridgehead atoms. The van der Waals surface area contributed by atoms with Gasteiger partial charge in [0.25, 0.3) is 0 Å². The van der Waals surface area contributed by atoms with Gasteiger partial charge in [0.15, 0.2) is 5.82 Å². The highest BCUT2D eigenvalue weighted by atomic mass is 14.9. The van der Waals surface area contributed by atoms with Gasteiger partial charge in [-0.3, -0.25) is 0 Å². The molecule has 0 unspecified atom stereocenters. The van der Waals surface area contributed by atoms with E-state index in [1.54, 1.807) is 0 Å². The fourth-order valence-electron chi connectivity index (χ4n) is 3.73. The second kappa shape index (κ2) is 7.33. The van der Waals surface area contributed by atoms with E-state index in [0.29, 0.717) is 0 Å². The van der Waals surface area contributed by atoms with Gasteiger partial charge < -0.3 is 0 Å². The molecule has 5 rings (SSSR count). The maximum Gasteiger partial charge on any atom is 0.160 e. The van der Waals surface area contributed by atoms with Crippen molar-refractivity contribution in [1.82, 2.24) is 9.97 Å². The zero-order chi connectivity index (χ0) is 19.6. The molecule has 0 radical (unpaired) electrons. The number of benzene rings is 4. The SMILES string of the molecule is Cc1cc(-c2ccc(-c3cccc4ccccc34)cc2)nc(-c2ccccc2)n1. The Hall–Kier alpha value is -3.78.